The van der Waals surface area contributed by atoms with Gasteiger partial charge in [0, 0.05) is 16.9 Å². The molecule has 1 spiro atoms. The zero-order valence-electron chi connectivity index (χ0n) is 38.6. The molecule has 10 aromatic carbocycles. The second-order valence-electron chi connectivity index (χ2n) is 19.9. The second-order valence-corrected chi connectivity index (χ2v) is 19.9. The van der Waals surface area contributed by atoms with Crippen LogP contribution in [0.5, 0.6) is 0 Å². The smallest absolute Gasteiger partial charge is 0.0726 e. The van der Waals surface area contributed by atoms with Crippen LogP contribution in [0.3, 0.4) is 0 Å². The Hall–Kier alpha value is -8.00. The third-order valence-corrected chi connectivity index (χ3v) is 16.4. The molecule has 0 N–H and O–H groups in total. The van der Waals surface area contributed by atoms with Crippen LogP contribution in [-0.2, 0) is 5.41 Å². The zero-order valence-corrected chi connectivity index (χ0v) is 38.6. The summed E-state index contributed by atoms with van der Waals surface area (Å²) in [5.74, 6) is 2.55. The van der Waals surface area contributed by atoms with Gasteiger partial charge in [0.05, 0.1) is 11.1 Å². The van der Waals surface area contributed by atoms with Crippen LogP contribution < -0.4 is 4.90 Å². The molecule has 14 rings (SSSR count). The molecule has 0 saturated heterocycles. The monoisotopic (exact) mass is 881 g/mol. The number of hydrogen-bond donors (Lipinski definition) is 0. The van der Waals surface area contributed by atoms with Crippen molar-refractivity contribution in [1.82, 2.24) is 0 Å². The Morgan fingerprint density at radius 3 is 1.46 bits per heavy atom. The molecule has 0 aromatic heterocycles. The van der Waals surface area contributed by atoms with Crippen molar-refractivity contribution in [3.63, 3.8) is 0 Å². The molecule has 0 aliphatic heterocycles. The summed E-state index contributed by atoms with van der Waals surface area (Å²) in [6, 6.07) is 91.2. The fourth-order valence-electron chi connectivity index (χ4n) is 13.4. The molecule has 4 unspecified atom stereocenters. The molecule has 4 aliphatic rings. The van der Waals surface area contributed by atoms with Gasteiger partial charge < -0.3 is 4.90 Å². The van der Waals surface area contributed by atoms with E-state index >= 15 is 0 Å². The third kappa shape index (κ3) is 6.30. The molecular formula is C68H51N. The maximum atomic E-state index is 2.53. The van der Waals surface area contributed by atoms with Crippen molar-refractivity contribution in [1.29, 1.82) is 0 Å². The average molecular weight is 882 g/mol. The average Bonchev–Trinajstić information content (AvgIpc) is 4.21. The van der Waals surface area contributed by atoms with Crippen LogP contribution in [0, 0.1) is 11.8 Å². The number of fused-ring (bicyclic) bond motifs is 12. The molecule has 0 heterocycles. The minimum atomic E-state index is -0.516. The van der Waals surface area contributed by atoms with Gasteiger partial charge in [-0.25, -0.2) is 0 Å². The van der Waals surface area contributed by atoms with Crippen LogP contribution in [-0.4, -0.2) is 0 Å². The number of benzene rings is 10. The van der Waals surface area contributed by atoms with E-state index in [9.17, 15) is 0 Å². The van der Waals surface area contributed by atoms with Gasteiger partial charge in [-0.3, -0.25) is 0 Å². The van der Waals surface area contributed by atoms with Gasteiger partial charge >= 0.3 is 0 Å². The summed E-state index contributed by atoms with van der Waals surface area (Å²) in [6.45, 7) is 0. The SMILES string of the molecule is c1ccc(-c2ccc3c(c2)C2(c4ccccc4-3)c3ccccc3-c3ccc(N(c4ccc(-c5ccc(C6CC7CCC6C7)cc5)cc4)c4ccccc4-c4ccccc4-c4ccccc4)cc32)cc1. The van der Waals surface area contributed by atoms with Crippen molar-refractivity contribution in [2.24, 2.45) is 11.8 Å². The highest BCUT2D eigenvalue weighted by atomic mass is 15.1. The van der Waals surface area contributed by atoms with E-state index in [0.717, 1.165) is 34.8 Å². The summed E-state index contributed by atoms with van der Waals surface area (Å²) in [7, 11) is 0. The number of para-hydroxylation sites is 1. The zero-order chi connectivity index (χ0) is 45.5. The van der Waals surface area contributed by atoms with Gasteiger partial charge in [0.15, 0.2) is 0 Å². The number of anilines is 3. The first-order valence-electron chi connectivity index (χ1n) is 25.0. The Bertz CT molecular complexity index is 3560. The van der Waals surface area contributed by atoms with E-state index in [2.05, 4.69) is 248 Å². The van der Waals surface area contributed by atoms with Crippen molar-refractivity contribution in [2.75, 3.05) is 4.90 Å². The summed E-state index contributed by atoms with van der Waals surface area (Å²) in [5, 5.41) is 0. The maximum absolute atomic E-state index is 2.53. The molecule has 0 amide bonds. The standard InChI is InChI=1S/C68H51N/c1-3-15-46(16-4-1)51-35-39-59-57-21-9-12-24-63(57)68(65(59)43-51)64-25-13-10-22-58(64)60-40-38-54(44-66(60)68)69(67-26-14-11-23-61(67)56-20-8-7-19-55(56)49-17-5-2-6-18-49)53-36-33-48(34-37-53)47-29-31-50(32-30-47)62-42-45-27-28-52(62)41-45/h1-26,29-40,43-45,52,62H,27-28,41-42H2. The van der Waals surface area contributed by atoms with E-state index < -0.39 is 5.41 Å². The number of hydrogen-bond acceptors (Lipinski definition) is 1. The lowest BCUT2D eigenvalue weighted by Crippen LogP contribution is -2.26. The lowest BCUT2D eigenvalue weighted by atomic mass is 9.70. The molecule has 2 saturated carbocycles. The molecule has 10 aromatic rings. The van der Waals surface area contributed by atoms with Crippen LogP contribution in [0.15, 0.2) is 243 Å². The van der Waals surface area contributed by atoms with E-state index in [-0.39, 0.29) is 0 Å². The Labute approximate surface area is 406 Å². The first kappa shape index (κ1) is 40.1. The summed E-state index contributed by atoms with van der Waals surface area (Å²) in [6.07, 6.45) is 5.64. The lowest BCUT2D eigenvalue weighted by molar-refractivity contribution is 0.420. The van der Waals surface area contributed by atoms with E-state index in [1.54, 1.807) is 0 Å². The van der Waals surface area contributed by atoms with Gasteiger partial charge in [-0.15, -0.1) is 0 Å². The molecule has 69 heavy (non-hydrogen) atoms. The first-order chi connectivity index (χ1) is 34.2. The minimum Gasteiger partial charge on any atom is -0.310 e. The normalized spacial score (nSPS) is 19.0. The Balaban J connectivity index is 0.962. The molecule has 4 aliphatic carbocycles. The molecule has 1 nitrogen and oxygen atoms in total. The number of nitrogens with zero attached hydrogens (tertiary/aromatic N) is 1. The summed E-state index contributed by atoms with van der Waals surface area (Å²) in [5.41, 5.74) is 24.7. The molecule has 0 radical (unpaired) electrons. The Morgan fingerprint density at radius 1 is 0.319 bits per heavy atom. The number of rotatable bonds is 8. The van der Waals surface area contributed by atoms with Crippen LogP contribution in [0.25, 0.3) is 66.8 Å². The van der Waals surface area contributed by atoms with Gasteiger partial charge in [0.2, 0.25) is 0 Å². The van der Waals surface area contributed by atoms with E-state index in [1.807, 2.05) is 0 Å². The minimum absolute atomic E-state index is 0.516. The molecule has 328 valence electrons. The Morgan fingerprint density at radius 2 is 0.812 bits per heavy atom. The van der Waals surface area contributed by atoms with Gasteiger partial charge in [-0.1, -0.05) is 213 Å². The predicted octanol–water partition coefficient (Wildman–Crippen LogP) is 18.1. The third-order valence-electron chi connectivity index (χ3n) is 16.4. The van der Waals surface area contributed by atoms with Crippen LogP contribution >= 0.6 is 0 Å². The quantitative estimate of drug-likeness (QED) is 0.147. The van der Waals surface area contributed by atoms with Gasteiger partial charge in [-0.2, -0.15) is 0 Å². The topological polar surface area (TPSA) is 3.24 Å². The fraction of sp³-hybridized carbons (Fsp3) is 0.118. The highest BCUT2D eigenvalue weighted by Gasteiger charge is 2.52. The Kier molecular flexibility index (Phi) is 9.34. The molecule has 2 bridgehead atoms. The van der Waals surface area contributed by atoms with Gasteiger partial charge in [0.25, 0.3) is 0 Å². The molecule has 4 atom stereocenters. The first-order valence-corrected chi connectivity index (χ1v) is 25.0. The van der Waals surface area contributed by atoms with E-state index in [1.165, 1.54) is 120 Å². The molecular weight excluding hydrogens is 831 g/mol. The van der Waals surface area contributed by atoms with E-state index in [4.69, 9.17) is 0 Å². The van der Waals surface area contributed by atoms with Crippen molar-refractivity contribution in [3.8, 4) is 66.8 Å². The van der Waals surface area contributed by atoms with Crippen molar-refractivity contribution in [2.45, 2.75) is 37.0 Å². The van der Waals surface area contributed by atoms with Gasteiger partial charge in [0.1, 0.15) is 0 Å². The largest absolute Gasteiger partial charge is 0.310 e. The summed E-state index contributed by atoms with van der Waals surface area (Å²) >= 11 is 0. The predicted molar refractivity (Wildman–Crippen MR) is 287 cm³/mol. The highest BCUT2D eigenvalue weighted by Crippen LogP contribution is 2.64. The lowest BCUT2D eigenvalue weighted by Gasteiger charge is -2.33. The maximum Gasteiger partial charge on any atom is 0.0726 e. The molecule has 1 heteroatoms. The van der Waals surface area contributed by atoms with E-state index in [0.29, 0.717) is 0 Å². The second kappa shape index (κ2) is 16.1. The summed E-state index contributed by atoms with van der Waals surface area (Å²) < 4.78 is 0. The van der Waals surface area contributed by atoms with Gasteiger partial charge in [-0.05, 0) is 162 Å². The van der Waals surface area contributed by atoms with Crippen LogP contribution in [0.1, 0.15) is 59.4 Å². The highest BCUT2D eigenvalue weighted by molar-refractivity contribution is 5.99. The van der Waals surface area contributed by atoms with Crippen LogP contribution in [0.4, 0.5) is 17.1 Å². The van der Waals surface area contributed by atoms with Crippen LogP contribution in [0.2, 0.25) is 0 Å². The molecule has 2 fully saturated rings. The summed E-state index contributed by atoms with van der Waals surface area (Å²) in [4.78, 5) is 2.51. The van der Waals surface area contributed by atoms with Crippen molar-refractivity contribution < 1.29 is 0 Å². The van der Waals surface area contributed by atoms with Crippen molar-refractivity contribution in [3.05, 3.63) is 270 Å². The fourth-order valence-corrected chi connectivity index (χ4v) is 13.4. The van der Waals surface area contributed by atoms with Crippen molar-refractivity contribution >= 4 is 17.1 Å².